The SMILES string of the molecule is Cc1nnc([C@@H]2CCCN2C(=O)c2ccc3[nH]c(=S)oc3c2)o1. The molecule has 0 radical (unpaired) electrons. The summed E-state index contributed by atoms with van der Waals surface area (Å²) >= 11 is 4.97. The van der Waals surface area contributed by atoms with Crippen molar-refractivity contribution in [2.75, 3.05) is 6.54 Å². The van der Waals surface area contributed by atoms with Gasteiger partial charge in [-0.2, -0.15) is 0 Å². The number of aromatic amines is 1. The Balaban J connectivity index is 1.67. The first-order valence-electron chi connectivity index (χ1n) is 7.35. The van der Waals surface area contributed by atoms with Crippen LogP contribution < -0.4 is 0 Å². The van der Waals surface area contributed by atoms with Crippen LogP contribution in [0.5, 0.6) is 0 Å². The summed E-state index contributed by atoms with van der Waals surface area (Å²) in [5, 5.41) is 7.92. The molecule has 0 aliphatic carbocycles. The minimum absolute atomic E-state index is 0.0763. The van der Waals surface area contributed by atoms with E-state index in [9.17, 15) is 4.79 Å². The lowest BCUT2D eigenvalue weighted by molar-refractivity contribution is 0.0715. The van der Waals surface area contributed by atoms with Gasteiger partial charge in [-0.3, -0.25) is 4.79 Å². The molecule has 0 unspecified atom stereocenters. The molecule has 1 N–H and O–H groups in total. The molecule has 1 aliphatic rings. The molecule has 0 saturated carbocycles. The van der Waals surface area contributed by atoms with E-state index in [4.69, 9.17) is 21.1 Å². The van der Waals surface area contributed by atoms with Crippen LogP contribution in [0.3, 0.4) is 0 Å². The molecule has 1 fully saturated rings. The van der Waals surface area contributed by atoms with Crippen molar-refractivity contribution in [2.24, 2.45) is 0 Å². The minimum atomic E-state index is -0.169. The molecule has 0 bridgehead atoms. The largest absolute Gasteiger partial charge is 0.429 e. The quantitative estimate of drug-likeness (QED) is 0.726. The van der Waals surface area contributed by atoms with Crippen molar-refractivity contribution in [3.05, 3.63) is 40.4 Å². The predicted octanol–water partition coefficient (Wildman–Crippen LogP) is 3.16. The van der Waals surface area contributed by atoms with Crippen LogP contribution in [-0.2, 0) is 0 Å². The number of amides is 1. The van der Waals surface area contributed by atoms with E-state index in [-0.39, 0.29) is 11.9 Å². The second-order valence-electron chi connectivity index (χ2n) is 5.54. The number of hydrogen-bond acceptors (Lipinski definition) is 6. The maximum Gasteiger partial charge on any atom is 0.266 e. The molecule has 118 valence electrons. The third kappa shape index (κ3) is 2.44. The van der Waals surface area contributed by atoms with E-state index < -0.39 is 0 Å². The van der Waals surface area contributed by atoms with Crippen molar-refractivity contribution in [3.63, 3.8) is 0 Å². The van der Waals surface area contributed by atoms with Gasteiger partial charge in [-0.1, -0.05) is 0 Å². The minimum Gasteiger partial charge on any atom is -0.429 e. The third-order valence-corrected chi connectivity index (χ3v) is 4.19. The molecule has 8 heteroatoms. The maximum atomic E-state index is 12.8. The number of likely N-dealkylation sites (tertiary alicyclic amines) is 1. The van der Waals surface area contributed by atoms with Crippen LogP contribution in [0.1, 0.15) is 41.0 Å². The predicted molar refractivity (Wildman–Crippen MR) is 83.4 cm³/mol. The Hall–Kier alpha value is -2.48. The van der Waals surface area contributed by atoms with Crippen molar-refractivity contribution < 1.29 is 13.6 Å². The number of carbonyl (C=O) groups is 1. The van der Waals surface area contributed by atoms with Gasteiger partial charge in [0, 0.05) is 19.0 Å². The van der Waals surface area contributed by atoms with E-state index in [1.165, 1.54) is 0 Å². The molecule has 23 heavy (non-hydrogen) atoms. The molecule has 3 aromatic rings. The highest BCUT2D eigenvalue weighted by Gasteiger charge is 2.34. The van der Waals surface area contributed by atoms with Crippen LogP contribution >= 0.6 is 12.2 Å². The number of rotatable bonds is 2. The lowest BCUT2D eigenvalue weighted by Gasteiger charge is -2.22. The Morgan fingerprint density at radius 2 is 2.26 bits per heavy atom. The number of carbonyl (C=O) groups excluding carboxylic acids is 1. The number of oxazole rings is 1. The molecule has 4 rings (SSSR count). The highest BCUT2D eigenvalue weighted by atomic mass is 32.1. The van der Waals surface area contributed by atoms with Gasteiger partial charge in [0.15, 0.2) is 5.58 Å². The Bertz CT molecular complexity index is 941. The van der Waals surface area contributed by atoms with Gasteiger partial charge < -0.3 is 18.7 Å². The number of nitrogens with one attached hydrogen (secondary N) is 1. The van der Waals surface area contributed by atoms with E-state index in [0.29, 0.717) is 34.3 Å². The molecule has 1 amide bonds. The summed E-state index contributed by atoms with van der Waals surface area (Å²) in [5.74, 6) is 0.922. The van der Waals surface area contributed by atoms with Crippen molar-refractivity contribution in [3.8, 4) is 0 Å². The Kier molecular flexibility index (Phi) is 3.26. The summed E-state index contributed by atoms with van der Waals surface area (Å²) in [6, 6.07) is 5.10. The van der Waals surface area contributed by atoms with Crippen LogP contribution in [0.15, 0.2) is 27.0 Å². The first-order valence-corrected chi connectivity index (χ1v) is 7.76. The number of nitrogens with zero attached hydrogens (tertiary/aromatic N) is 3. The zero-order valence-corrected chi connectivity index (χ0v) is 13.2. The van der Waals surface area contributed by atoms with Gasteiger partial charge in [0.1, 0.15) is 6.04 Å². The average Bonchev–Trinajstić information content (AvgIpc) is 3.23. The monoisotopic (exact) mass is 330 g/mol. The number of H-pyrrole nitrogens is 1. The Morgan fingerprint density at radius 1 is 1.39 bits per heavy atom. The van der Waals surface area contributed by atoms with Crippen LogP contribution in [0, 0.1) is 11.8 Å². The average molecular weight is 330 g/mol. The number of hydrogen-bond donors (Lipinski definition) is 1. The number of fused-ring (bicyclic) bond motifs is 1. The van der Waals surface area contributed by atoms with Gasteiger partial charge in [0.05, 0.1) is 5.52 Å². The fourth-order valence-electron chi connectivity index (χ4n) is 2.96. The summed E-state index contributed by atoms with van der Waals surface area (Å²) in [5.41, 5.74) is 1.90. The second kappa shape index (κ2) is 5.31. The first kappa shape index (κ1) is 14.1. The zero-order valence-electron chi connectivity index (χ0n) is 12.4. The maximum absolute atomic E-state index is 12.8. The molecule has 1 saturated heterocycles. The molecule has 3 heterocycles. The fourth-order valence-corrected chi connectivity index (χ4v) is 3.16. The Morgan fingerprint density at radius 3 is 3.04 bits per heavy atom. The van der Waals surface area contributed by atoms with Crippen LogP contribution in [0.4, 0.5) is 0 Å². The smallest absolute Gasteiger partial charge is 0.266 e. The second-order valence-corrected chi connectivity index (χ2v) is 5.91. The van der Waals surface area contributed by atoms with Gasteiger partial charge in [0.25, 0.3) is 10.7 Å². The summed E-state index contributed by atoms with van der Waals surface area (Å²) in [7, 11) is 0. The highest BCUT2D eigenvalue weighted by molar-refractivity contribution is 7.71. The zero-order chi connectivity index (χ0) is 16.0. The summed E-state index contributed by atoms with van der Waals surface area (Å²) in [4.78, 5) is 17.8. The topological polar surface area (TPSA) is 88.2 Å². The molecule has 1 aliphatic heterocycles. The van der Waals surface area contributed by atoms with E-state index in [0.717, 1.165) is 18.4 Å². The third-order valence-electron chi connectivity index (χ3n) is 4.01. The van der Waals surface area contributed by atoms with Crippen molar-refractivity contribution in [1.82, 2.24) is 20.1 Å². The normalized spacial score (nSPS) is 18.0. The van der Waals surface area contributed by atoms with Crippen molar-refractivity contribution in [1.29, 1.82) is 0 Å². The van der Waals surface area contributed by atoms with Gasteiger partial charge in [-0.25, -0.2) is 0 Å². The molecule has 0 spiro atoms. The standard InChI is InChI=1S/C15H14N4O3S/c1-8-17-18-13(21-8)11-3-2-6-19(11)14(20)9-4-5-10-12(7-9)22-15(23)16-10/h4-5,7,11H,2-3,6H2,1H3,(H,16,23)/t11-/m0/s1. The lowest BCUT2D eigenvalue weighted by Crippen LogP contribution is -2.30. The first-order chi connectivity index (χ1) is 11.1. The number of aromatic nitrogens is 3. The summed E-state index contributed by atoms with van der Waals surface area (Å²) < 4.78 is 10.9. The molecule has 1 atom stereocenters. The van der Waals surface area contributed by atoms with E-state index in [1.54, 1.807) is 30.0 Å². The Labute approximate surface area is 136 Å². The number of aryl methyl sites for hydroxylation is 1. The molecular weight excluding hydrogens is 316 g/mol. The van der Waals surface area contributed by atoms with Crippen LogP contribution in [-0.4, -0.2) is 32.5 Å². The van der Waals surface area contributed by atoms with Gasteiger partial charge in [-0.15, -0.1) is 10.2 Å². The van der Waals surface area contributed by atoms with E-state index in [2.05, 4.69) is 15.2 Å². The van der Waals surface area contributed by atoms with Crippen molar-refractivity contribution >= 4 is 29.2 Å². The van der Waals surface area contributed by atoms with E-state index >= 15 is 0 Å². The van der Waals surface area contributed by atoms with Gasteiger partial charge >= 0.3 is 0 Å². The van der Waals surface area contributed by atoms with Crippen LogP contribution in [0.25, 0.3) is 11.1 Å². The fraction of sp³-hybridized carbons (Fsp3) is 0.333. The highest BCUT2D eigenvalue weighted by Crippen LogP contribution is 2.32. The molecule has 2 aromatic heterocycles. The van der Waals surface area contributed by atoms with Crippen LogP contribution in [0.2, 0.25) is 0 Å². The molecule has 1 aromatic carbocycles. The molecular formula is C15H14N4O3S. The van der Waals surface area contributed by atoms with Crippen molar-refractivity contribution in [2.45, 2.75) is 25.8 Å². The van der Waals surface area contributed by atoms with Gasteiger partial charge in [0.2, 0.25) is 11.8 Å². The molecule has 7 nitrogen and oxygen atoms in total. The summed E-state index contributed by atoms with van der Waals surface area (Å²) in [6.07, 6.45) is 1.73. The number of benzene rings is 1. The lowest BCUT2D eigenvalue weighted by atomic mass is 10.1. The van der Waals surface area contributed by atoms with E-state index in [1.807, 2.05) is 0 Å². The summed E-state index contributed by atoms with van der Waals surface area (Å²) in [6.45, 7) is 2.41. The van der Waals surface area contributed by atoms with Gasteiger partial charge in [-0.05, 0) is 43.3 Å².